The highest BCUT2D eigenvalue weighted by atomic mass is 35.5. The summed E-state index contributed by atoms with van der Waals surface area (Å²) in [5.41, 5.74) is 2.00. The van der Waals surface area contributed by atoms with E-state index in [1.54, 1.807) is 0 Å². The number of ketones is 1. The first-order chi connectivity index (χ1) is 8.16. The molecule has 1 aromatic rings. The van der Waals surface area contributed by atoms with Gasteiger partial charge >= 0.3 is 0 Å². The Bertz CT molecular complexity index is 410. The van der Waals surface area contributed by atoms with Crippen LogP contribution in [0.4, 0.5) is 0 Å². The molecule has 0 saturated carbocycles. The average molecular weight is 267 g/mol. The number of halogens is 1. The van der Waals surface area contributed by atoms with Crippen LogP contribution in [0.3, 0.4) is 0 Å². The summed E-state index contributed by atoms with van der Waals surface area (Å²) < 4.78 is 0. The quantitative estimate of drug-likeness (QED) is 0.740. The Morgan fingerprint density at radius 3 is 1.94 bits per heavy atom. The van der Waals surface area contributed by atoms with Crippen LogP contribution >= 0.6 is 11.6 Å². The first-order valence-corrected chi connectivity index (χ1v) is 6.89. The lowest BCUT2D eigenvalue weighted by molar-refractivity contribution is -0.125. The zero-order chi connectivity index (χ0) is 14.0. The van der Waals surface area contributed by atoms with Gasteiger partial charge in [0.2, 0.25) is 0 Å². The number of hydrogen-bond acceptors (Lipinski definition) is 1. The van der Waals surface area contributed by atoms with E-state index in [0.29, 0.717) is 12.3 Å². The van der Waals surface area contributed by atoms with E-state index in [1.165, 1.54) is 5.56 Å². The Labute approximate surface area is 116 Å². The maximum Gasteiger partial charge on any atom is 0.142 e. The van der Waals surface area contributed by atoms with Gasteiger partial charge in [-0.2, -0.15) is 0 Å². The summed E-state index contributed by atoms with van der Waals surface area (Å²) in [4.78, 5) is 12.0. The molecule has 0 bridgehead atoms. The fourth-order valence-corrected chi connectivity index (χ4v) is 1.76. The molecule has 0 aromatic heterocycles. The van der Waals surface area contributed by atoms with Gasteiger partial charge in [-0.05, 0) is 11.1 Å². The maximum absolute atomic E-state index is 12.0. The van der Waals surface area contributed by atoms with Crippen LogP contribution in [0, 0.1) is 5.41 Å². The highest BCUT2D eigenvalue weighted by Gasteiger charge is 2.22. The highest BCUT2D eigenvalue weighted by molar-refractivity contribution is 6.18. The fourth-order valence-electron chi connectivity index (χ4n) is 1.60. The number of hydrogen-bond donors (Lipinski definition) is 0. The van der Waals surface area contributed by atoms with Gasteiger partial charge in [0, 0.05) is 23.1 Å². The normalized spacial score (nSPS) is 12.6. The van der Waals surface area contributed by atoms with Crippen molar-refractivity contribution in [1.82, 2.24) is 0 Å². The van der Waals surface area contributed by atoms with E-state index in [9.17, 15) is 4.79 Å². The van der Waals surface area contributed by atoms with Gasteiger partial charge in [0.15, 0.2) is 0 Å². The maximum atomic E-state index is 12.0. The second-order valence-electron chi connectivity index (χ2n) is 6.56. The summed E-state index contributed by atoms with van der Waals surface area (Å²) >= 11 is 5.96. The molecule has 0 atom stereocenters. The zero-order valence-electron chi connectivity index (χ0n) is 12.0. The molecule has 1 rings (SSSR count). The van der Waals surface area contributed by atoms with E-state index >= 15 is 0 Å². The Balaban J connectivity index is 2.82. The third-order valence-electron chi connectivity index (χ3n) is 3.27. The molecule has 2 heteroatoms. The Hall–Kier alpha value is -0.820. The van der Waals surface area contributed by atoms with Crippen LogP contribution in [-0.4, -0.2) is 11.7 Å². The Morgan fingerprint density at radius 1 is 1.06 bits per heavy atom. The number of rotatable bonds is 4. The minimum absolute atomic E-state index is 0.0197. The Kier molecular flexibility index (Phi) is 4.61. The largest absolute Gasteiger partial charge is 0.299 e. The fraction of sp³-hybridized carbons (Fsp3) is 0.562. The van der Waals surface area contributed by atoms with Crippen LogP contribution in [0.25, 0.3) is 0 Å². The summed E-state index contributed by atoms with van der Waals surface area (Å²) in [7, 11) is 0. The van der Waals surface area contributed by atoms with E-state index in [2.05, 4.69) is 26.0 Å². The Morgan fingerprint density at radius 2 is 1.56 bits per heavy atom. The van der Waals surface area contributed by atoms with Crippen molar-refractivity contribution >= 4 is 17.4 Å². The third kappa shape index (κ3) is 3.84. The molecule has 0 radical (unpaired) electrons. The van der Waals surface area contributed by atoms with Crippen molar-refractivity contribution in [2.75, 3.05) is 5.88 Å². The van der Waals surface area contributed by atoms with Gasteiger partial charge in [-0.1, -0.05) is 58.9 Å². The third-order valence-corrected chi connectivity index (χ3v) is 3.94. The van der Waals surface area contributed by atoms with Crippen molar-refractivity contribution in [1.29, 1.82) is 0 Å². The van der Waals surface area contributed by atoms with Crippen molar-refractivity contribution in [2.24, 2.45) is 5.41 Å². The topological polar surface area (TPSA) is 17.1 Å². The van der Waals surface area contributed by atoms with Gasteiger partial charge in [0.1, 0.15) is 5.78 Å². The summed E-state index contributed by atoms with van der Waals surface area (Å²) in [6, 6.07) is 8.22. The van der Waals surface area contributed by atoms with E-state index in [0.717, 1.165) is 5.56 Å². The molecule has 0 amide bonds. The van der Waals surface area contributed by atoms with Crippen LogP contribution in [-0.2, 0) is 16.6 Å². The van der Waals surface area contributed by atoms with Crippen molar-refractivity contribution < 1.29 is 4.79 Å². The first kappa shape index (κ1) is 15.2. The smallest absolute Gasteiger partial charge is 0.142 e. The SMILES string of the molecule is CC(C)(C)C(=O)Cc1ccc(C(C)(C)CCl)cc1. The van der Waals surface area contributed by atoms with Crippen LogP contribution in [0.5, 0.6) is 0 Å². The van der Waals surface area contributed by atoms with Crippen molar-refractivity contribution in [3.63, 3.8) is 0 Å². The predicted molar refractivity (Wildman–Crippen MR) is 78.4 cm³/mol. The van der Waals surface area contributed by atoms with Crippen LogP contribution in [0.2, 0.25) is 0 Å². The molecule has 0 aliphatic carbocycles. The second kappa shape index (κ2) is 5.44. The molecular formula is C16H23ClO. The van der Waals surface area contributed by atoms with Crippen molar-refractivity contribution in [3.05, 3.63) is 35.4 Å². The minimum Gasteiger partial charge on any atom is -0.299 e. The van der Waals surface area contributed by atoms with Gasteiger partial charge in [-0.3, -0.25) is 4.79 Å². The number of carbonyl (C=O) groups is 1. The molecule has 0 saturated heterocycles. The molecule has 1 nitrogen and oxygen atoms in total. The van der Waals surface area contributed by atoms with Crippen LogP contribution in [0.15, 0.2) is 24.3 Å². The minimum atomic E-state index is -0.270. The van der Waals surface area contributed by atoms with Crippen LogP contribution in [0.1, 0.15) is 45.7 Å². The van der Waals surface area contributed by atoms with Crippen molar-refractivity contribution in [3.8, 4) is 0 Å². The summed E-state index contributed by atoms with van der Waals surface area (Å²) in [6.45, 7) is 10.1. The summed E-state index contributed by atoms with van der Waals surface area (Å²) in [5, 5.41) is 0. The lowest BCUT2D eigenvalue weighted by Crippen LogP contribution is -2.22. The number of alkyl halides is 1. The molecule has 0 aliphatic heterocycles. The number of Topliss-reactive ketones (excluding diaryl/α,β-unsaturated/α-hetero) is 1. The zero-order valence-corrected chi connectivity index (χ0v) is 12.8. The predicted octanol–water partition coefficient (Wildman–Crippen LogP) is 4.36. The molecular weight excluding hydrogens is 244 g/mol. The van der Waals surface area contributed by atoms with Gasteiger partial charge in [0.05, 0.1) is 0 Å². The van der Waals surface area contributed by atoms with E-state index in [-0.39, 0.29) is 16.6 Å². The molecule has 18 heavy (non-hydrogen) atoms. The van der Waals surface area contributed by atoms with Crippen LogP contribution < -0.4 is 0 Å². The molecule has 0 heterocycles. The molecule has 0 unspecified atom stereocenters. The lowest BCUT2D eigenvalue weighted by atomic mass is 9.84. The monoisotopic (exact) mass is 266 g/mol. The van der Waals surface area contributed by atoms with Crippen molar-refractivity contribution in [2.45, 2.75) is 46.5 Å². The number of carbonyl (C=O) groups excluding carboxylic acids is 1. The summed E-state index contributed by atoms with van der Waals surface area (Å²) in [5.74, 6) is 0.861. The highest BCUT2D eigenvalue weighted by Crippen LogP contribution is 2.25. The van der Waals surface area contributed by atoms with Gasteiger partial charge in [-0.25, -0.2) is 0 Å². The van der Waals surface area contributed by atoms with Gasteiger partial charge < -0.3 is 0 Å². The molecule has 0 fully saturated rings. The molecule has 100 valence electrons. The summed E-state index contributed by atoms with van der Waals surface area (Å²) in [6.07, 6.45) is 0.505. The van der Waals surface area contributed by atoms with E-state index < -0.39 is 0 Å². The lowest BCUT2D eigenvalue weighted by Gasteiger charge is -2.22. The van der Waals surface area contributed by atoms with Gasteiger partial charge in [-0.15, -0.1) is 11.6 Å². The molecule has 1 aromatic carbocycles. The van der Waals surface area contributed by atoms with Gasteiger partial charge in [0.25, 0.3) is 0 Å². The first-order valence-electron chi connectivity index (χ1n) is 6.35. The average Bonchev–Trinajstić information content (AvgIpc) is 2.28. The van der Waals surface area contributed by atoms with E-state index in [1.807, 2.05) is 32.9 Å². The molecule has 0 N–H and O–H groups in total. The standard InChI is InChI=1S/C16H23ClO/c1-15(2,3)14(18)10-12-6-8-13(9-7-12)16(4,5)11-17/h6-9H,10-11H2,1-5H3. The molecule has 0 aliphatic rings. The molecule has 0 spiro atoms. The number of benzene rings is 1. The van der Waals surface area contributed by atoms with E-state index in [4.69, 9.17) is 11.6 Å². The second-order valence-corrected chi connectivity index (χ2v) is 6.83.